The first kappa shape index (κ1) is 12.6. The van der Waals surface area contributed by atoms with Crippen molar-refractivity contribution in [2.45, 2.75) is 25.8 Å². The van der Waals surface area contributed by atoms with Crippen molar-refractivity contribution in [3.63, 3.8) is 0 Å². The van der Waals surface area contributed by atoms with Crippen LogP contribution in [0, 0.1) is 24.1 Å². The minimum Gasteiger partial charge on any atom is -0.311 e. The topological polar surface area (TPSA) is 45.8 Å². The first-order valence-corrected chi connectivity index (χ1v) is 6.53. The molecule has 1 fully saturated rings. The number of aromatic nitrogens is 1. The molecular weight excluding hydrogens is 255 g/mol. The first-order chi connectivity index (χ1) is 9.61. The average molecular weight is 268 g/mol. The molecular formula is C16H13FN2O. The highest BCUT2D eigenvalue weighted by Gasteiger charge is 2.27. The molecule has 1 saturated carbocycles. The summed E-state index contributed by atoms with van der Waals surface area (Å²) < 4.78 is 14.7. The lowest BCUT2D eigenvalue weighted by molar-refractivity contribution is 0.628. The second kappa shape index (κ2) is 4.61. The summed E-state index contributed by atoms with van der Waals surface area (Å²) in [5.41, 5.74) is 2.05. The largest absolute Gasteiger partial charge is 0.311 e. The number of benzene rings is 1. The highest BCUT2D eigenvalue weighted by Crippen LogP contribution is 2.35. The molecule has 0 spiro atoms. The lowest BCUT2D eigenvalue weighted by atomic mass is 9.97. The van der Waals surface area contributed by atoms with Gasteiger partial charge in [0.05, 0.1) is 0 Å². The van der Waals surface area contributed by atoms with Crippen molar-refractivity contribution < 1.29 is 4.39 Å². The molecule has 1 heterocycles. The number of aryl methyl sites for hydroxylation is 1. The van der Waals surface area contributed by atoms with Crippen molar-refractivity contribution in [2.24, 2.45) is 0 Å². The van der Waals surface area contributed by atoms with E-state index in [1.165, 1.54) is 12.1 Å². The summed E-state index contributed by atoms with van der Waals surface area (Å²) in [6, 6.07) is 8.11. The van der Waals surface area contributed by atoms with Gasteiger partial charge in [-0.3, -0.25) is 4.79 Å². The molecule has 1 aliphatic rings. The predicted molar refractivity (Wildman–Crippen MR) is 73.8 cm³/mol. The van der Waals surface area contributed by atoms with Crippen LogP contribution in [0.25, 0.3) is 11.1 Å². The average Bonchev–Trinajstić information content (AvgIpc) is 3.26. The summed E-state index contributed by atoms with van der Waals surface area (Å²) in [5.74, 6) is -0.337. The zero-order valence-corrected chi connectivity index (χ0v) is 11.1. The summed E-state index contributed by atoms with van der Waals surface area (Å²) in [7, 11) is 0. The van der Waals surface area contributed by atoms with Crippen LogP contribution in [0.4, 0.5) is 4.39 Å². The van der Waals surface area contributed by atoms with Crippen LogP contribution < -0.4 is 5.56 Å². The van der Waals surface area contributed by atoms with E-state index in [1.807, 2.05) is 13.0 Å². The van der Waals surface area contributed by atoms with Gasteiger partial charge in [0, 0.05) is 17.8 Å². The summed E-state index contributed by atoms with van der Waals surface area (Å²) in [6.45, 7) is 1.87. The lowest BCUT2D eigenvalue weighted by Crippen LogP contribution is -2.23. The number of nitrogens with zero attached hydrogens (tertiary/aromatic N) is 2. The molecule has 20 heavy (non-hydrogen) atoms. The van der Waals surface area contributed by atoms with Crippen molar-refractivity contribution in [1.29, 1.82) is 5.26 Å². The van der Waals surface area contributed by atoms with Crippen LogP contribution in [-0.2, 0) is 0 Å². The molecule has 1 aromatic heterocycles. The van der Waals surface area contributed by atoms with Gasteiger partial charge in [-0.25, -0.2) is 4.39 Å². The Hall–Kier alpha value is -2.41. The van der Waals surface area contributed by atoms with E-state index in [0.29, 0.717) is 11.1 Å². The van der Waals surface area contributed by atoms with E-state index in [0.717, 1.165) is 18.4 Å². The van der Waals surface area contributed by atoms with Gasteiger partial charge in [-0.2, -0.15) is 5.26 Å². The molecule has 3 rings (SSSR count). The van der Waals surface area contributed by atoms with Crippen molar-refractivity contribution in [1.82, 2.24) is 4.57 Å². The van der Waals surface area contributed by atoms with Crippen LogP contribution in [0.2, 0.25) is 0 Å². The van der Waals surface area contributed by atoms with Crippen LogP contribution in [-0.4, -0.2) is 4.57 Å². The quantitative estimate of drug-likeness (QED) is 0.839. The highest BCUT2D eigenvalue weighted by molar-refractivity contribution is 5.73. The van der Waals surface area contributed by atoms with Crippen LogP contribution in [0.3, 0.4) is 0 Å². The predicted octanol–water partition coefficient (Wildman–Crippen LogP) is 3.17. The number of hydrogen-bond donors (Lipinski definition) is 0. The summed E-state index contributed by atoms with van der Waals surface area (Å²) in [6.07, 6.45) is 3.78. The molecule has 1 aromatic carbocycles. The van der Waals surface area contributed by atoms with Gasteiger partial charge in [-0.05, 0) is 43.0 Å². The van der Waals surface area contributed by atoms with Crippen molar-refractivity contribution in [3.8, 4) is 17.2 Å². The van der Waals surface area contributed by atoms with E-state index in [9.17, 15) is 14.4 Å². The number of halogens is 1. The van der Waals surface area contributed by atoms with E-state index >= 15 is 0 Å². The number of hydrogen-bond acceptors (Lipinski definition) is 2. The van der Waals surface area contributed by atoms with E-state index in [2.05, 4.69) is 0 Å². The molecule has 0 bridgehead atoms. The Kier molecular flexibility index (Phi) is 2.90. The smallest absolute Gasteiger partial charge is 0.269 e. The Bertz CT molecular complexity index is 765. The maximum atomic E-state index is 13.0. The molecule has 2 aromatic rings. The standard InChI is InChI=1S/C16H13FN2O/c1-10-9-19(13-6-7-13)16(20)14(8-18)15(10)11-2-4-12(17)5-3-11/h2-5,9,13H,6-7H2,1H3. The van der Waals surface area contributed by atoms with Crippen LogP contribution in [0.5, 0.6) is 0 Å². The Morgan fingerprint density at radius 3 is 2.50 bits per heavy atom. The Balaban J connectivity index is 2.25. The van der Waals surface area contributed by atoms with E-state index < -0.39 is 0 Å². The third-order valence-electron chi connectivity index (χ3n) is 3.61. The Morgan fingerprint density at radius 1 is 1.30 bits per heavy atom. The van der Waals surface area contributed by atoms with Gasteiger partial charge in [0.1, 0.15) is 17.4 Å². The van der Waals surface area contributed by atoms with Gasteiger partial charge in [-0.15, -0.1) is 0 Å². The van der Waals surface area contributed by atoms with E-state index in [-0.39, 0.29) is 23.0 Å². The molecule has 100 valence electrons. The molecule has 1 aliphatic carbocycles. The van der Waals surface area contributed by atoms with Gasteiger partial charge in [0.15, 0.2) is 0 Å². The second-order valence-electron chi connectivity index (χ2n) is 5.12. The first-order valence-electron chi connectivity index (χ1n) is 6.53. The Morgan fingerprint density at radius 2 is 1.95 bits per heavy atom. The van der Waals surface area contributed by atoms with Crippen molar-refractivity contribution >= 4 is 0 Å². The Labute approximate surface area is 115 Å². The van der Waals surface area contributed by atoms with Crippen molar-refractivity contribution in [3.05, 3.63) is 57.8 Å². The van der Waals surface area contributed by atoms with Crippen LogP contribution in [0.1, 0.15) is 30.0 Å². The molecule has 0 aliphatic heterocycles. The van der Waals surface area contributed by atoms with Gasteiger partial charge < -0.3 is 4.57 Å². The molecule has 3 nitrogen and oxygen atoms in total. The van der Waals surface area contributed by atoms with Gasteiger partial charge >= 0.3 is 0 Å². The number of pyridine rings is 1. The molecule has 0 atom stereocenters. The fourth-order valence-corrected chi connectivity index (χ4v) is 2.48. The molecule has 0 N–H and O–H groups in total. The maximum absolute atomic E-state index is 13.0. The third-order valence-corrected chi connectivity index (χ3v) is 3.61. The zero-order chi connectivity index (χ0) is 14.3. The molecule has 0 saturated heterocycles. The zero-order valence-electron chi connectivity index (χ0n) is 11.1. The second-order valence-corrected chi connectivity index (χ2v) is 5.12. The van der Waals surface area contributed by atoms with Crippen LogP contribution >= 0.6 is 0 Å². The highest BCUT2D eigenvalue weighted by atomic mass is 19.1. The number of rotatable bonds is 2. The fourth-order valence-electron chi connectivity index (χ4n) is 2.48. The van der Waals surface area contributed by atoms with E-state index in [4.69, 9.17) is 0 Å². The number of nitriles is 1. The van der Waals surface area contributed by atoms with Gasteiger partial charge in [0.2, 0.25) is 0 Å². The summed E-state index contributed by atoms with van der Waals surface area (Å²) >= 11 is 0. The SMILES string of the molecule is Cc1cn(C2CC2)c(=O)c(C#N)c1-c1ccc(F)cc1. The fraction of sp³-hybridized carbons (Fsp3) is 0.250. The monoisotopic (exact) mass is 268 g/mol. The van der Waals surface area contributed by atoms with Crippen molar-refractivity contribution in [2.75, 3.05) is 0 Å². The summed E-state index contributed by atoms with van der Waals surface area (Å²) in [4.78, 5) is 12.4. The third kappa shape index (κ3) is 2.01. The minimum absolute atomic E-state index is 0.142. The van der Waals surface area contributed by atoms with Crippen LogP contribution in [0.15, 0.2) is 35.3 Å². The summed E-state index contributed by atoms with van der Waals surface area (Å²) in [5, 5.41) is 9.33. The van der Waals surface area contributed by atoms with Gasteiger partial charge in [-0.1, -0.05) is 12.1 Å². The molecule has 0 unspecified atom stereocenters. The van der Waals surface area contributed by atoms with E-state index in [1.54, 1.807) is 22.9 Å². The maximum Gasteiger partial charge on any atom is 0.269 e. The van der Waals surface area contributed by atoms with Gasteiger partial charge in [0.25, 0.3) is 5.56 Å². The molecule has 0 radical (unpaired) electrons. The molecule has 0 amide bonds. The minimum atomic E-state index is -0.337. The normalized spacial score (nSPS) is 14.1. The molecule has 4 heteroatoms. The lowest BCUT2D eigenvalue weighted by Gasteiger charge is -2.12.